The van der Waals surface area contributed by atoms with Gasteiger partial charge in [0.2, 0.25) is 0 Å². The molecule has 0 radical (unpaired) electrons. The number of likely N-dealkylation sites (N-methyl/N-ethyl adjacent to an activating group) is 2. The van der Waals surface area contributed by atoms with Gasteiger partial charge in [-0.05, 0) is 54.9 Å². The summed E-state index contributed by atoms with van der Waals surface area (Å²) in [7, 11) is 5.94. The molecule has 1 saturated heterocycles. The third kappa shape index (κ3) is 5.11. The van der Waals surface area contributed by atoms with E-state index in [1.54, 1.807) is 7.11 Å². The van der Waals surface area contributed by atoms with Gasteiger partial charge in [-0.3, -0.25) is 4.90 Å². The van der Waals surface area contributed by atoms with E-state index >= 15 is 0 Å². The molecule has 2 N–H and O–H groups in total. The van der Waals surface area contributed by atoms with Gasteiger partial charge in [-0.15, -0.1) is 0 Å². The molecular formula is C24H33N5O2. The first-order chi connectivity index (χ1) is 15.0. The van der Waals surface area contributed by atoms with Gasteiger partial charge < -0.3 is 25.2 Å². The topological polar surface area (TPSA) is 60.1 Å². The van der Waals surface area contributed by atoms with Crippen LogP contribution in [0.25, 0.3) is 0 Å². The van der Waals surface area contributed by atoms with Gasteiger partial charge in [0.15, 0.2) is 0 Å². The van der Waals surface area contributed by atoms with Gasteiger partial charge in [-0.2, -0.15) is 0 Å². The van der Waals surface area contributed by atoms with Crippen molar-refractivity contribution in [2.45, 2.75) is 12.5 Å². The van der Waals surface area contributed by atoms with Crippen LogP contribution >= 0.6 is 0 Å². The fourth-order valence-corrected chi connectivity index (χ4v) is 4.42. The molecule has 2 heterocycles. The minimum absolute atomic E-state index is 0.159. The van der Waals surface area contributed by atoms with Crippen molar-refractivity contribution in [3.8, 4) is 5.75 Å². The average molecular weight is 424 g/mol. The lowest BCUT2D eigenvalue weighted by atomic mass is 10.00. The molecule has 31 heavy (non-hydrogen) atoms. The highest BCUT2D eigenvalue weighted by Crippen LogP contribution is 2.31. The standard InChI is InChI=1S/C24H33N5O2/c1-27-12-14-29(15-13-27)23(18-4-9-22-19(16-18)10-11-28(22)2)17-25-24(30)26-20-5-7-21(31-3)8-6-20/h4-9,16,23H,10-15,17H2,1-3H3,(H2,25,26,30). The normalized spacial score (nSPS) is 17.8. The number of methoxy groups -OCH3 is 1. The number of hydrogen-bond acceptors (Lipinski definition) is 5. The van der Waals surface area contributed by atoms with Crippen LogP contribution in [0.4, 0.5) is 16.2 Å². The number of urea groups is 1. The number of anilines is 2. The molecule has 7 heteroatoms. The highest BCUT2D eigenvalue weighted by molar-refractivity contribution is 5.89. The molecule has 4 rings (SSSR count). The summed E-state index contributed by atoms with van der Waals surface area (Å²) in [6.07, 6.45) is 1.08. The first kappa shape index (κ1) is 21.5. The average Bonchev–Trinajstić information content (AvgIpc) is 3.16. The van der Waals surface area contributed by atoms with Crippen molar-refractivity contribution < 1.29 is 9.53 Å². The summed E-state index contributed by atoms with van der Waals surface area (Å²) in [6.45, 7) is 5.73. The lowest BCUT2D eigenvalue weighted by Crippen LogP contribution is -2.48. The monoisotopic (exact) mass is 423 g/mol. The van der Waals surface area contributed by atoms with Gasteiger partial charge in [0.1, 0.15) is 5.75 Å². The van der Waals surface area contributed by atoms with E-state index in [9.17, 15) is 4.79 Å². The van der Waals surface area contributed by atoms with E-state index < -0.39 is 0 Å². The number of carbonyl (C=O) groups excluding carboxylic acids is 1. The van der Waals surface area contributed by atoms with Crippen molar-refractivity contribution >= 4 is 17.4 Å². The van der Waals surface area contributed by atoms with Crippen LogP contribution in [0.1, 0.15) is 17.2 Å². The second-order valence-electron chi connectivity index (χ2n) is 8.48. The first-order valence-electron chi connectivity index (χ1n) is 11.0. The van der Waals surface area contributed by atoms with E-state index in [2.05, 4.69) is 57.6 Å². The summed E-state index contributed by atoms with van der Waals surface area (Å²) >= 11 is 0. The maximum absolute atomic E-state index is 12.6. The molecule has 0 saturated carbocycles. The number of ether oxygens (including phenoxy) is 1. The Morgan fingerprint density at radius 3 is 2.48 bits per heavy atom. The Hall–Kier alpha value is -2.77. The summed E-state index contributed by atoms with van der Waals surface area (Å²) in [4.78, 5) is 19.7. The highest BCUT2D eigenvalue weighted by Gasteiger charge is 2.26. The molecule has 7 nitrogen and oxygen atoms in total. The van der Waals surface area contributed by atoms with Crippen molar-refractivity contribution in [1.82, 2.24) is 15.1 Å². The third-order valence-electron chi connectivity index (χ3n) is 6.40. The van der Waals surface area contributed by atoms with Gasteiger partial charge in [-0.1, -0.05) is 12.1 Å². The molecule has 0 spiro atoms. The van der Waals surface area contributed by atoms with Gasteiger partial charge in [0.05, 0.1) is 13.2 Å². The van der Waals surface area contributed by atoms with Gasteiger partial charge in [0, 0.05) is 57.7 Å². The number of carbonyl (C=O) groups is 1. The molecule has 0 aromatic heterocycles. The van der Waals surface area contributed by atoms with Crippen molar-refractivity contribution in [2.24, 2.45) is 0 Å². The number of nitrogens with zero attached hydrogens (tertiary/aromatic N) is 3. The van der Waals surface area contributed by atoms with Gasteiger partial charge in [0.25, 0.3) is 0 Å². The zero-order chi connectivity index (χ0) is 21.8. The van der Waals surface area contributed by atoms with E-state index in [-0.39, 0.29) is 12.1 Å². The maximum Gasteiger partial charge on any atom is 0.319 e. The van der Waals surface area contributed by atoms with Crippen LogP contribution in [0.2, 0.25) is 0 Å². The Kier molecular flexibility index (Phi) is 6.63. The van der Waals surface area contributed by atoms with E-state index in [0.29, 0.717) is 6.54 Å². The molecule has 2 aliphatic heterocycles. The Bertz CT molecular complexity index is 893. The molecule has 1 unspecified atom stereocenters. The second-order valence-corrected chi connectivity index (χ2v) is 8.48. The number of benzene rings is 2. The van der Waals surface area contributed by atoms with Gasteiger partial charge >= 0.3 is 6.03 Å². The van der Waals surface area contributed by atoms with Crippen LogP contribution < -0.4 is 20.3 Å². The molecular weight excluding hydrogens is 390 g/mol. The summed E-state index contributed by atoms with van der Waals surface area (Å²) in [6, 6.07) is 14.1. The molecule has 1 atom stereocenters. The number of fused-ring (bicyclic) bond motifs is 1. The van der Waals surface area contributed by atoms with Crippen molar-refractivity contribution in [3.63, 3.8) is 0 Å². The fraction of sp³-hybridized carbons (Fsp3) is 0.458. The molecule has 2 aliphatic rings. The SMILES string of the molecule is COc1ccc(NC(=O)NCC(c2ccc3c(c2)CCN3C)N2CCN(C)CC2)cc1. The largest absolute Gasteiger partial charge is 0.497 e. The summed E-state index contributed by atoms with van der Waals surface area (Å²) in [5, 5.41) is 6.01. The molecule has 2 amide bonds. The number of amides is 2. The number of hydrogen-bond donors (Lipinski definition) is 2. The lowest BCUT2D eigenvalue weighted by molar-refractivity contribution is 0.111. The summed E-state index contributed by atoms with van der Waals surface area (Å²) in [5.74, 6) is 0.767. The van der Waals surface area contributed by atoms with Crippen LogP contribution in [0.5, 0.6) is 5.75 Å². The molecule has 0 bridgehead atoms. The van der Waals surface area contributed by atoms with Crippen molar-refractivity contribution in [3.05, 3.63) is 53.6 Å². The number of piperazine rings is 1. The van der Waals surface area contributed by atoms with Crippen molar-refractivity contribution in [2.75, 3.05) is 70.7 Å². The van der Waals surface area contributed by atoms with Gasteiger partial charge in [-0.25, -0.2) is 4.79 Å². The summed E-state index contributed by atoms with van der Waals surface area (Å²) < 4.78 is 5.17. The molecule has 166 valence electrons. The van der Waals surface area contributed by atoms with E-state index in [1.165, 1.54) is 16.8 Å². The smallest absolute Gasteiger partial charge is 0.319 e. The van der Waals surface area contributed by atoms with Crippen LogP contribution in [0.15, 0.2) is 42.5 Å². The minimum atomic E-state index is -0.190. The van der Waals surface area contributed by atoms with E-state index in [4.69, 9.17) is 4.74 Å². The molecule has 0 aliphatic carbocycles. The highest BCUT2D eigenvalue weighted by atomic mass is 16.5. The zero-order valence-corrected chi connectivity index (χ0v) is 18.7. The van der Waals surface area contributed by atoms with Crippen LogP contribution in [0.3, 0.4) is 0 Å². The minimum Gasteiger partial charge on any atom is -0.497 e. The van der Waals surface area contributed by atoms with Crippen LogP contribution in [-0.4, -0.2) is 76.3 Å². The Morgan fingerprint density at radius 2 is 1.77 bits per heavy atom. The van der Waals surface area contributed by atoms with Crippen LogP contribution in [-0.2, 0) is 6.42 Å². The van der Waals surface area contributed by atoms with Crippen molar-refractivity contribution in [1.29, 1.82) is 0 Å². The fourth-order valence-electron chi connectivity index (χ4n) is 4.42. The Balaban J connectivity index is 1.45. The summed E-state index contributed by atoms with van der Waals surface area (Å²) in [5.41, 5.74) is 4.76. The Labute approximate surface area is 185 Å². The maximum atomic E-state index is 12.6. The predicted molar refractivity (Wildman–Crippen MR) is 125 cm³/mol. The molecule has 1 fully saturated rings. The predicted octanol–water partition coefficient (Wildman–Crippen LogP) is 2.80. The Morgan fingerprint density at radius 1 is 1.03 bits per heavy atom. The number of nitrogens with one attached hydrogen (secondary N) is 2. The van der Waals surface area contributed by atoms with E-state index in [0.717, 1.165) is 50.6 Å². The molecule has 2 aromatic carbocycles. The zero-order valence-electron chi connectivity index (χ0n) is 18.7. The van der Waals surface area contributed by atoms with Crippen LogP contribution in [0, 0.1) is 0 Å². The third-order valence-corrected chi connectivity index (χ3v) is 6.40. The number of rotatable bonds is 6. The van der Waals surface area contributed by atoms with E-state index in [1.807, 2.05) is 24.3 Å². The second kappa shape index (κ2) is 9.58. The quantitative estimate of drug-likeness (QED) is 0.748. The first-order valence-corrected chi connectivity index (χ1v) is 11.0. The molecule has 2 aromatic rings. The lowest BCUT2D eigenvalue weighted by Gasteiger charge is -2.38.